The monoisotopic (exact) mass is 623 g/mol. The van der Waals surface area contributed by atoms with Crippen molar-refractivity contribution in [2.45, 2.75) is 45.9 Å². The summed E-state index contributed by atoms with van der Waals surface area (Å²) >= 11 is 1.21. The number of anilines is 2. The third-order valence-corrected chi connectivity index (χ3v) is 7.51. The average Bonchev–Trinajstić information content (AvgIpc) is 3.58. The first-order valence-electron chi connectivity index (χ1n) is 13.6. The van der Waals surface area contributed by atoms with Crippen LogP contribution in [0.25, 0.3) is 5.69 Å². The number of aliphatic imine (C=N–C) groups is 1. The lowest BCUT2D eigenvalue weighted by atomic mass is 9.99. The summed E-state index contributed by atoms with van der Waals surface area (Å²) in [7, 11) is 0. The molecule has 228 valence electrons. The van der Waals surface area contributed by atoms with E-state index in [4.69, 9.17) is 0 Å². The highest BCUT2D eigenvalue weighted by Gasteiger charge is 2.33. The first kappa shape index (κ1) is 30.7. The van der Waals surface area contributed by atoms with Crippen LogP contribution in [0.2, 0.25) is 0 Å². The number of amidine groups is 1. The summed E-state index contributed by atoms with van der Waals surface area (Å²) in [6.45, 7) is 6.05. The fraction of sp³-hybridized carbons (Fsp3) is 0.267. The second-order valence-corrected chi connectivity index (χ2v) is 11.2. The van der Waals surface area contributed by atoms with Gasteiger partial charge in [-0.25, -0.2) is 19.4 Å². The third-order valence-electron chi connectivity index (χ3n) is 6.58. The number of nitrogens with zero attached hydrogens (tertiary/aromatic N) is 6. The van der Waals surface area contributed by atoms with Crippen LogP contribution in [0, 0.1) is 6.92 Å². The van der Waals surface area contributed by atoms with E-state index < -0.39 is 12.4 Å². The molecule has 3 heterocycles. The Kier molecular flexibility index (Phi) is 8.99. The zero-order valence-electron chi connectivity index (χ0n) is 24.0. The fourth-order valence-corrected chi connectivity index (χ4v) is 5.34. The van der Waals surface area contributed by atoms with Crippen LogP contribution in [0.4, 0.5) is 29.5 Å². The zero-order chi connectivity index (χ0) is 31.4. The van der Waals surface area contributed by atoms with Crippen molar-refractivity contribution in [2.75, 3.05) is 16.0 Å². The Balaban J connectivity index is 1.18. The van der Waals surface area contributed by atoms with Gasteiger partial charge in [-0.05, 0) is 72.4 Å². The third kappa shape index (κ3) is 7.61. The molecule has 0 spiro atoms. The van der Waals surface area contributed by atoms with Crippen molar-refractivity contribution in [1.29, 1.82) is 0 Å². The minimum atomic E-state index is -4.76. The highest BCUT2D eigenvalue weighted by atomic mass is 32.2. The maximum atomic E-state index is 12.8. The van der Waals surface area contributed by atoms with Crippen LogP contribution >= 0.6 is 11.8 Å². The van der Waals surface area contributed by atoms with E-state index in [9.17, 15) is 22.8 Å². The predicted molar refractivity (Wildman–Crippen MR) is 161 cm³/mol. The lowest BCUT2D eigenvalue weighted by molar-refractivity contribution is -0.274. The van der Waals surface area contributed by atoms with Crippen LogP contribution in [0.3, 0.4) is 0 Å². The standard InChI is InChI=1S/C30H28F3N7O3S/c1-18(2)23-11-4-19(3)14-24(23)40-27(41)16-44-29(40)37-28(42)36-25-12-5-20(15-34-25)6-13-26-35-17-39(38-26)21-7-9-22(10-8-21)43-30(31,32)33/h4-5,7-12,14-15,17-18H,6,13,16H2,1-3H3,(H,34,36,42). The molecule has 0 radical (unpaired) electrons. The summed E-state index contributed by atoms with van der Waals surface area (Å²) < 4.78 is 42.5. The first-order valence-corrected chi connectivity index (χ1v) is 14.6. The highest BCUT2D eigenvalue weighted by molar-refractivity contribution is 8.15. The van der Waals surface area contributed by atoms with Crippen molar-refractivity contribution in [3.63, 3.8) is 0 Å². The molecule has 14 heteroatoms. The number of aromatic nitrogens is 4. The number of carbonyl (C=O) groups is 2. The first-order chi connectivity index (χ1) is 20.9. The smallest absolute Gasteiger partial charge is 0.406 e. The van der Waals surface area contributed by atoms with Crippen molar-refractivity contribution in [2.24, 2.45) is 4.99 Å². The Morgan fingerprint density at radius 3 is 2.55 bits per heavy atom. The van der Waals surface area contributed by atoms with Gasteiger partial charge in [-0.15, -0.1) is 13.2 Å². The molecule has 1 saturated heterocycles. The Labute approximate surface area is 255 Å². The molecule has 0 atom stereocenters. The van der Waals surface area contributed by atoms with Crippen LogP contribution in [0.1, 0.15) is 42.3 Å². The molecule has 2 aromatic heterocycles. The minimum Gasteiger partial charge on any atom is -0.406 e. The van der Waals surface area contributed by atoms with Crippen LogP contribution in [0.5, 0.6) is 5.75 Å². The second kappa shape index (κ2) is 12.9. The minimum absolute atomic E-state index is 0.135. The molecule has 5 rings (SSSR count). The topological polar surface area (TPSA) is 115 Å². The van der Waals surface area contributed by atoms with Crippen molar-refractivity contribution < 1.29 is 27.5 Å². The molecular formula is C30H28F3N7O3S. The van der Waals surface area contributed by atoms with Gasteiger partial charge in [0.25, 0.3) is 0 Å². The molecule has 1 N–H and O–H groups in total. The SMILES string of the molecule is Cc1ccc(C(C)C)c(N2C(=O)CSC2=NC(=O)Nc2ccc(CCc3ncn(-c4ccc(OC(F)(F)F)cc4)n3)cn2)c1. The van der Waals surface area contributed by atoms with Gasteiger partial charge in [-0.2, -0.15) is 10.1 Å². The summed E-state index contributed by atoms with van der Waals surface area (Å²) in [4.78, 5) is 39.8. The number of benzene rings is 2. The lowest BCUT2D eigenvalue weighted by Crippen LogP contribution is -2.31. The summed E-state index contributed by atoms with van der Waals surface area (Å²) in [5, 5.41) is 7.35. The van der Waals surface area contributed by atoms with Crippen LogP contribution in [-0.2, 0) is 17.6 Å². The zero-order valence-corrected chi connectivity index (χ0v) is 24.8. The molecule has 0 saturated carbocycles. The number of rotatable bonds is 8. The van der Waals surface area contributed by atoms with Crippen LogP contribution in [0.15, 0.2) is 72.1 Å². The summed E-state index contributed by atoms with van der Waals surface area (Å²) in [6, 6.07) is 14.1. The number of hydrogen-bond donors (Lipinski definition) is 1. The molecule has 1 aliphatic heterocycles. The number of pyridine rings is 1. The van der Waals surface area contributed by atoms with Gasteiger partial charge in [0.15, 0.2) is 11.0 Å². The highest BCUT2D eigenvalue weighted by Crippen LogP contribution is 2.34. The van der Waals surface area contributed by atoms with Gasteiger partial charge in [-0.1, -0.05) is 43.8 Å². The number of aryl methyl sites for hydroxylation is 3. The molecule has 0 aliphatic carbocycles. The number of nitrogens with one attached hydrogen (secondary N) is 1. The molecule has 0 bridgehead atoms. The predicted octanol–water partition coefficient (Wildman–Crippen LogP) is 6.45. The lowest BCUT2D eigenvalue weighted by Gasteiger charge is -2.22. The maximum Gasteiger partial charge on any atom is 0.573 e. The van der Waals surface area contributed by atoms with Crippen LogP contribution in [-0.4, -0.2) is 49.0 Å². The summed E-state index contributed by atoms with van der Waals surface area (Å²) in [5.74, 6) is 0.762. The van der Waals surface area contributed by atoms with Gasteiger partial charge in [0.1, 0.15) is 17.9 Å². The number of thioether (sulfide) groups is 1. The Morgan fingerprint density at radius 1 is 1.09 bits per heavy atom. The molecule has 44 heavy (non-hydrogen) atoms. The second-order valence-electron chi connectivity index (χ2n) is 10.3. The number of amides is 3. The van der Waals surface area contributed by atoms with Gasteiger partial charge in [-0.3, -0.25) is 15.0 Å². The summed E-state index contributed by atoms with van der Waals surface area (Å²) in [6.07, 6.45) is -0.600. The number of alkyl halides is 3. The molecule has 2 aromatic carbocycles. The molecule has 10 nitrogen and oxygen atoms in total. The van der Waals surface area contributed by atoms with E-state index in [0.717, 1.165) is 22.4 Å². The maximum absolute atomic E-state index is 12.8. The van der Waals surface area contributed by atoms with Gasteiger partial charge < -0.3 is 4.74 Å². The van der Waals surface area contributed by atoms with Crippen molar-refractivity contribution in [1.82, 2.24) is 19.7 Å². The van der Waals surface area contributed by atoms with Gasteiger partial charge in [0, 0.05) is 12.6 Å². The van der Waals surface area contributed by atoms with Gasteiger partial charge in [0.05, 0.1) is 17.1 Å². The van der Waals surface area contributed by atoms with Crippen molar-refractivity contribution in [3.05, 3.63) is 89.6 Å². The average molecular weight is 624 g/mol. The van der Waals surface area contributed by atoms with E-state index in [0.29, 0.717) is 35.3 Å². The number of urea groups is 1. The number of ether oxygens (including phenoxy) is 1. The number of hydrogen-bond acceptors (Lipinski definition) is 7. The molecule has 1 aliphatic rings. The molecule has 3 amide bonds. The van der Waals surface area contributed by atoms with Gasteiger partial charge in [0.2, 0.25) is 5.91 Å². The number of carbonyl (C=O) groups excluding carboxylic acids is 2. The van der Waals surface area contributed by atoms with E-state index in [2.05, 4.69) is 30.1 Å². The molecular weight excluding hydrogens is 595 g/mol. The van der Waals surface area contributed by atoms with Crippen molar-refractivity contribution >= 4 is 40.4 Å². The van der Waals surface area contributed by atoms with Crippen molar-refractivity contribution in [3.8, 4) is 11.4 Å². The Morgan fingerprint density at radius 2 is 1.86 bits per heavy atom. The normalized spacial score (nSPS) is 14.5. The van der Waals surface area contributed by atoms with E-state index in [-0.39, 0.29) is 23.3 Å². The van der Waals surface area contributed by atoms with E-state index >= 15 is 0 Å². The summed E-state index contributed by atoms with van der Waals surface area (Å²) in [5.41, 5.74) is 4.14. The molecule has 0 unspecified atom stereocenters. The van der Waals surface area contributed by atoms with Gasteiger partial charge >= 0.3 is 12.4 Å². The fourth-order valence-electron chi connectivity index (χ4n) is 4.48. The van der Waals surface area contributed by atoms with Crippen LogP contribution < -0.4 is 15.0 Å². The Hall–Kier alpha value is -4.72. The van der Waals surface area contributed by atoms with E-state index in [1.807, 2.05) is 45.0 Å². The number of halogens is 3. The Bertz CT molecular complexity index is 1690. The molecule has 4 aromatic rings. The van der Waals surface area contributed by atoms with E-state index in [1.54, 1.807) is 12.3 Å². The van der Waals surface area contributed by atoms with E-state index in [1.165, 1.54) is 51.9 Å². The largest absolute Gasteiger partial charge is 0.573 e. The molecule has 1 fully saturated rings. The quantitative estimate of drug-likeness (QED) is 0.240.